The third-order valence-corrected chi connectivity index (χ3v) is 12.3. The Morgan fingerprint density at radius 1 is 0.533 bits per heavy atom. The molecule has 8 aromatic carbocycles. The molecule has 1 aliphatic rings. The van der Waals surface area contributed by atoms with Gasteiger partial charge in [-0.2, -0.15) is 0 Å². The first kappa shape index (κ1) is 36.9. The number of para-hydroxylation sites is 2. The summed E-state index contributed by atoms with van der Waals surface area (Å²) in [5.74, 6) is 0. The van der Waals surface area contributed by atoms with E-state index in [1.165, 1.54) is 77.7 Å². The van der Waals surface area contributed by atoms with Crippen molar-refractivity contribution in [3.05, 3.63) is 241 Å². The fraction of sp³-hybridized carbons (Fsp3) is 0.0690. The van der Waals surface area contributed by atoms with Crippen LogP contribution in [0, 0.1) is 0 Å². The van der Waals surface area contributed by atoms with Crippen molar-refractivity contribution in [3.8, 4) is 39.1 Å². The van der Waals surface area contributed by atoms with Gasteiger partial charge >= 0.3 is 0 Å². The van der Waals surface area contributed by atoms with Crippen molar-refractivity contribution in [2.75, 3.05) is 4.90 Å². The summed E-state index contributed by atoms with van der Waals surface area (Å²) in [6, 6.07) is 70.3. The van der Waals surface area contributed by atoms with Gasteiger partial charge in [-0.3, -0.25) is 0 Å². The third kappa shape index (κ3) is 6.20. The molecule has 0 fully saturated rings. The Morgan fingerprint density at radius 2 is 1.12 bits per heavy atom. The minimum Gasteiger partial charge on any atom is -0.314 e. The monoisotopic (exact) mass is 770 g/mol. The lowest BCUT2D eigenvalue weighted by atomic mass is 9.81. The predicted molar refractivity (Wildman–Crippen MR) is 256 cm³/mol. The van der Waals surface area contributed by atoms with Crippen LogP contribution in [0.2, 0.25) is 0 Å². The molecule has 288 valence electrons. The highest BCUT2D eigenvalue weighted by molar-refractivity contribution is 6.15. The second-order valence-electron chi connectivity index (χ2n) is 16.2. The number of hydrogen-bond acceptors (Lipinski definition) is 1. The highest BCUT2D eigenvalue weighted by Crippen LogP contribution is 2.53. The Labute approximate surface area is 353 Å². The number of allylic oxidation sites excluding steroid dienone is 5. The Balaban J connectivity index is 1.03. The summed E-state index contributed by atoms with van der Waals surface area (Å²) in [7, 11) is 0. The van der Waals surface area contributed by atoms with E-state index in [-0.39, 0.29) is 5.41 Å². The van der Waals surface area contributed by atoms with Crippen LogP contribution in [-0.4, -0.2) is 4.57 Å². The summed E-state index contributed by atoms with van der Waals surface area (Å²) >= 11 is 0. The summed E-state index contributed by atoms with van der Waals surface area (Å²) < 4.78 is 2.38. The van der Waals surface area contributed by atoms with Crippen LogP contribution < -0.4 is 4.90 Å². The quantitative estimate of drug-likeness (QED) is 0.133. The van der Waals surface area contributed by atoms with Gasteiger partial charge in [0, 0.05) is 33.3 Å². The Morgan fingerprint density at radius 3 is 1.87 bits per heavy atom. The lowest BCUT2D eigenvalue weighted by molar-refractivity contribution is 0.660. The summed E-state index contributed by atoms with van der Waals surface area (Å²) in [5, 5.41) is 2.53. The molecule has 2 heteroatoms. The van der Waals surface area contributed by atoms with Gasteiger partial charge in [-0.1, -0.05) is 184 Å². The highest BCUT2D eigenvalue weighted by atomic mass is 15.1. The van der Waals surface area contributed by atoms with Gasteiger partial charge in [0.2, 0.25) is 0 Å². The molecule has 60 heavy (non-hydrogen) atoms. The van der Waals surface area contributed by atoms with Crippen LogP contribution in [0.15, 0.2) is 225 Å². The van der Waals surface area contributed by atoms with Crippen molar-refractivity contribution in [2.45, 2.75) is 26.2 Å². The number of rotatable bonds is 9. The normalized spacial score (nSPS) is 13.3. The van der Waals surface area contributed by atoms with Gasteiger partial charge in [0.1, 0.15) is 0 Å². The fourth-order valence-corrected chi connectivity index (χ4v) is 9.50. The van der Waals surface area contributed by atoms with Crippen LogP contribution in [-0.2, 0) is 5.41 Å². The first-order valence-corrected chi connectivity index (χ1v) is 20.8. The largest absolute Gasteiger partial charge is 0.314 e. The summed E-state index contributed by atoms with van der Waals surface area (Å²) in [4.78, 5) is 2.42. The number of hydrogen-bond donors (Lipinski definition) is 0. The molecule has 2 nitrogen and oxygen atoms in total. The van der Waals surface area contributed by atoms with Crippen molar-refractivity contribution in [2.24, 2.45) is 0 Å². The molecule has 0 bridgehead atoms. The van der Waals surface area contributed by atoms with Crippen LogP contribution in [0.3, 0.4) is 0 Å². The molecule has 1 heterocycles. The van der Waals surface area contributed by atoms with Crippen LogP contribution in [0.5, 0.6) is 0 Å². The number of fused-ring (bicyclic) bond motifs is 6. The van der Waals surface area contributed by atoms with E-state index in [0.29, 0.717) is 0 Å². The maximum absolute atomic E-state index is 4.15. The molecule has 0 saturated heterocycles. The van der Waals surface area contributed by atoms with Crippen LogP contribution in [0.25, 0.3) is 66.4 Å². The van der Waals surface area contributed by atoms with Crippen molar-refractivity contribution in [1.29, 1.82) is 0 Å². The second kappa shape index (κ2) is 15.1. The van der Waals surface area contributed by atoms with Gasteiger partial charge in [-0.15, -0.1) is 0 Å². The molecular weight excluding hydrogens is 725 g/mol. The van der Waals surface area contributed by atoms with E-state index in [4.69, 9.17) is 0 Å². The van der Waals surface area contributed by atoms with Crippen molar-refractivity contribution >= 4 is 38.8 Å². The maximum Gasteiger partial charge on any atom is 0.0547 e. The molecule has 0 saturated carbocycles. The Bertz CT molecular complexity index is 3110. The Kier molecular flexibility index (Phi) is 9.26. The molecule has 9 aromatic rings. The number of anilines is 2. The topological polar surface area (TPSA) is 8.17 Å². The van der Waals surface area contributed by atoms with Crippen molar-refractivity contribution in [1.82, 2.24) is 4.57 Å². The number of aromatic nitrogens is 1. The zero-order chi connectivity index (χ0) is 40.8. The van der Waals surface area contributed by atoms with E-state index < -0.39 is 0 Å². The second-order valence-corrected chi connectivity index (χ2v) is 16.2. The molecule has 1 aliphatic carbocycles. The first-order valence-electron chi connectivity index (χ1n) is 20.8. The number of nitrogens with zero attached hydrogens (tertiary/aromatic N) is 2. The van der Waals surface area contributed by atoms with Gasteiger partial charge in [0.25, 0.3) is 0 Å². The lowest BCUT2D eigenvalue weighted by Crippen LogP contribution is -2.22. The first-order chi connectivity index (χ1) is 29.4. The predicted octanol–water partition coefficient (Wildman–Crippen LogP) is 15.7. The molecule has 1 aromatic heterocycles. The smallest absolute Gasteiger partial charge is 0.0547 e. The SMILES string of the molecule is C=C/C(=C\C=C(/C)N(c1ccc(-c2ccc(-c3cccc4c3c3ccccc3n4-c3ccccc3)cc2)cc1)c1cccc2c1C(C)(C)c1ccccc1-2)c1ccccc1. The molecule has 0 atom stereocenters. The van der Waals surface area contributed by atoms with Gasteiger partial charge in [0.15, 0.2) is 0 Å². The summed E-state index contributed by atoms with van der Waals surface area (Å²) in [6.45, 7) is 11.1. The maximum atomic E-state index is 4.15. The zero-order valence-electron chi connectivity index (χ0n) is 34.3. The Hall–Kier alpha value is -7.42. The molecule has 0 unspecified atom stereocenters. The van der Waals surface area contributed by atoms with Crippen LogP contribution >= 0.6 is 0 Å². The highest BCUT2D eigenvalue weighted by Gasteiger charge is 2.38. The van der Waals surface area contributed by atoms with E-state index >= 15 is 0 Å². The van der Waals surface area contributed by atoms with E-state index in [1.807, 2.05) is 12.1 Å². The summed E-state index contributed by atoms with van der Waals surface area (Å²) in [5.41, 5.74) is 19.2. The van der Waals surface area contributed by atoms with Gasteiger partial charge < -0.3 is 9.47 Å². The van der Waals surface area contributed by atoms with Crippen LogP contribution in [0.4, 0.5) is 11.4 Å². The average Bonchev–Trinajstić information content (AvgIpc) is 3.76. The van der Waals surface area contributed by atoms with Crippen LogP contribution in [0.1, 0.15) is 37.5 Å². The zero-order valence-corrected chi connectivity index (χ0v) is 34.3. The average molecular weight is 771 g/mol. The molecule has 0 N–H and O–H groups in total. The molecular formula is C58H46N2. The minimum atomic E-state index is -0.171. The molecule has 0 aliphatic heterocycles. The molecule has 10 rings (SSSR count). The standard InChI is InChI=1S/C58H46N2/c1-5-41(42-18-8-6-9-19-42)31-30-40(2)59(55-29-17-25-50-49-22-12-14-26-52(49)58(3,4)57(50)55)47-38-36-44(37-39-47)43-32-34-45(35-33-43)48-24-16-28-54-56(48)51-23-13-15-27-53(51)60(54)46-20-10-7-11-21-46/h5-39H,1H2,2-4H3/b40-30+,41-31+. The number of benzene rings is 8. The van der Waals surface area contributed by atoms with E-state index in [0.717, 1.165) is 22.5 Å². The minimum absolute atomic E-state index is 0.171. The molecule has 0 amide bonds. The molecule has 0 spiro atoms. The van der Waals surface area contributed by atoms with Gasteiger partial charge in [-0.25, -0.2) is 0 Å². The third-order valence-electron chi connectivity index (χ3n) is 12.3. The van der Waals surface area contributed by atoms with E-state index in [2.05, 4.69) is 237 Å². The lowest BCUT2D eigenvalue weighted by Gasteiger charge is -2.32. The van der Waals surface area contributed by atoms with Crippen molar-refractivity contribution in [3.63, 3.8) is 0 Å². The molecule has 0 radical (unpaired) electrons. The van der Waals surface area contributed by atoms with E-state index in [9.17, 15) is 0 Å². The van der Waals surface area contributed by atoms with Gasteiger partial charge in [-0.05, 0) is 111 Å². The summed E-state index contributed by atoms with van der Waals surface area (Å²) in [6.07, 6.45) is 6.35. The van der Waals surface area contributed by atoms with Crippen molar-refractivity contribution < 1.29 is 0 Å². The fourth-order valence-electron chi connectivity index (χ4n) is 9.50. The van der Waals surface area contributed by atoms with Gasteiger partial charge in [0.05, 0.1) is 16.7 Å². The van der Waals surface area contributed by atoms with E-state index in [1.54, 1.807) is 0 Å².